The van der Waals surface area contributed by atoms with Crippen molar-refractivity contribution < 1.29 is 9.59 Å². The summed E-state index contributed by atoms with van der Waals surface area (Å²) < 4.78 is 0. The van der Waals surface area contributed by atoms with Gasteiger partial charge in [0, 0.05) is 44.0 Å². The molecule has 0 radical (unpaired) electrons. The second-order valence-electron chi connectivity index (χ2n) is 7.06. The normalized spacial score (nSPS) is 14.8. The number of nitriles is 1. The van der Waals surface area contributed by atoms with Gasteiger partial charge in [0.05, 0.1) is 11.6 Å². The summed E-state index contributed by atoms with van der Waals surface area (Å²) in [5.74, 6) is -0.0614. The first-order valence-corrected chi connectivity index (χ1v) is 9.11. The molecule has 2 aromatic rings. The molecule has 2 heterocycles. The van der Waals surface area contributed by atoms with Gasteiger partial charge in [0.15, 0.2) is 5.78 Å². The number of carbonyl (C=O) groups excluding carboxylic acids is 2. The zero-order chi connectivity index (χ0) is 19.6. The van der Waals surface area contributed by atoms with Crippen LogP contribution in [0.4, 0.5) is 0 Å². The maximum Gasteiger partial charge on any atom is 0.270 e. The van der Waals surface area contributed by atoms with Crippen molar-refractivity contribution in [3.05, 3.63) is 57.9 Å². The average molecular weight is 364 g/mol. The van der Waals surface area contributed by atoms with E-state index in [-0.39, 0.29) is 11.7 Å². The van der Waals surface area contributed by atoms with E-state index in [1.807, 2.05) is 43.0 Å². The molecule has 1 aromatic carbocycles. The van der Waals surface area contributed by atoms with Crippen molar-refractivity contribution in [1.29, 1.82) is 5.26 Å². The Balaban J connectivity index is 1.62. The fourth-order valence-electron chi connectivity index (χ4n) is 3.70. The molecule has 27 heavy (non-hydrogen) atoms. The van der Waals surface area contributed by atoms with Gasteiger partial charge >= 0.3 is 0 Å². The number of aromatic amines is 1. The van der Waals surface area contributed by atoms with Gasteiger partial charge in [-0.3, -0.25) is 14.5 Å². The Morgan fingerprint density at radius 3 is 2.26 bits per heavy atom. The van der Waals surface area contributed by atoms with Gasteiger partial charge in [0.25, 0.3) is 5.91 Å². The summed E-state index contributed by atoms with van der Waals surface area (Å²) in [4.78, 5) is 31.9. The van der Waals surface area contributed by atoms with Gasteiger partial charge in [-0.1, -0.05) is 12.1 Å². The minimum atomic E-state index is -0.0406. The molecule has 0 aliphatic carbocycles. The van der Waals surface area contributed by atoms with E-state index in [1.165, 1.54) is 6.92 Å². The second kappa shape index (κ2) is 7.77. The number of amides is 1. The van der Waals surface area contributed by atoms with Crippen LogP contribution in [0.1, 0.15) is 50.2 Å². The Bertz CT molecular complexity index is 897. The van der Waals surface area contributed by atoms with Gasteiger partial charge in [-0.25, -0.2) is 0 Å². The lowest BCUT2D eigenvalue weighted by molar-refractivity contribution is 0.0622. The van der Waals surface area contributed by atoms with E-state index in [0.29, 0.717) is 29.9 Å². The van der Waals surface area contributed by atoms with Crippen LogP contribution in [0.5, 0.6) is 0 Å². The number of rotatable bonds is 4. The maximum absolute atomic E-state index is 12.9. The topological polar surface area (TPSA) is 80.2 Å². The summed E-state index contributed by atoms with van der Waals surface area (Å²) in [5, 5.41) is 8.87. The van der Waals surface area contributed by atoms with Crippen LogP contribution < -0.4 is 0 Å². The van der Waals surface area contributed by atoms with Crippen molar-refractivity contribution in [3.63, 3.8) is 0 Å². The van der Waals surface area contributed by atoms with E-state index < -0.39 is 0 Å². The molecule has 1 aromatic heterocycles. The molecule has 6 nitrogen and oxygen atoms in total. The minimum absolute atomic E-state index is 0.0208. The van der Waals surface area contributed by atoms with Crippen LogP contribution in [-0.4, -0.2) is 52.7 Å². The van der Waals surface area contributed by atoms with Gasteiger partial charge in [-0.2, -0.15) is 5.26 Å². The number of carbonyl (C=O) groups is 2. The first-order valence-electron chi connectivity index (χ1n) is 9.11. The first kappa shape index (κ1) is 18.9. The summed E-state index contributed by atoms with van der Waals surface area (Å²) in [7, 11) is 0. The molecule has 1 amide bonds. The molecule has 3 rings (SSSR count). The Kier molecular flexibility index (Phi) is 5.43. The molecular formula is C21H24N4O2. The Morgan fingerprint density at radius 2 is 1.74 bits per heavy atom. The molecule has 1 saturated heterocycles. The SMILES string of the molecule is CC(=O)c1c(C)[nH]c(C(=O)N2CCN(Cc3ccc(C#N)cc3)CC2)c1C. The van der Waals surface area contributed by atoms with E-state index in [1.54, 1.807) is 0 Å². The molecule has 6 heteroatoms. The fourth-order valence-corrected chi connectivity index (χ4v) is 3.70. The highest BCUT2D eigenvalue weighted by atomic mass is 16.2. The van der Waals surface area contributed by atoms with Crippen molar-refractivity contribution in [3.8, 4) is 6.07 Å². The Hall–Kier alpha value is -2.91. The van der Waals surface area contributed by atoms with Crippen LogP contribution in [0.15, 0.2) is 24.3 Å². The third kappa shape index (κ3) is 3.93. The summed E-state index contributed by atoms with van der Waals surface area (Å²) in [5.41, 5.74) is 4.47. The summed E-state index contributed by atoms with van der Waals surface area (Å²) in [6, 6.07) is 9.74. The lowest BCUT2D eigenvalue weighted by Gasteiger charge is -2.34. The molecule has 0 unspecified atom stereocenters. The first-order chi connectivity index (χ1) is 12.9. The Labute approximate surface area is 159 Å². The van der Waals surface area contributed by atoms with Gasteiger partial charge in [0.2, 0.25) is 0 Å². The van der Waals surface area contributed by atoms with E-state index in [2.05, 4.69) is 16.0 Å². The number of aromatic nitrogens is 1. The van der Waals surface area contributed by atoms with Gasteiger partial charge < -0.3 is 9.88 Å². The maximum atomic E-state index is 12.9. The fraction of sp³-hybridized carbons (Fsp3) is 0.381. The molecular weight excluding hydrogens is 340 g/mol. The number of hydrogen-bond donors (Lipinski definition) is 1. The molecule has 0 atom stereocenters. The molecule has 1 N–H and O–H groups in total. The quantitative estimate of drug-likeness (QED) is 0.846. The van der Waals surface area contributed by atoms with Crippen molar-refractivity contribution in [2.75, 3.05) is 26.2 Å². The predicted molar refractivity (Wildman–Crippen MR) is 103 cm³/mol. The second-order valence-corrected chi connectivity index (χ2v) is 7.06. The molecule has 1 aliphatic heterocycles. The van der Waals surface area contributed by atoms with Gasteiger partial charge in [-0.05, 0) is 44.0 Å². The van der Waals surface area contributed by atoms with Crippen LogP contribution in [-0.2, 0) is 6.54 Å². The summed E-state index contributed by atoms with van der Waals surface area (Å²) in [6.07, 6.45) is 0. The highest BCUT2D eigenvalue weighted by molar-refractivity contribution is 6.02. The highest BCUT2D eigenvalue weighted by Crippen LogP contribution is 2.21. The number of benzene rings is 1. The third-order valence-electron chi connectivity index (χ3n) is 5.15. The van der Waals surface area contributed by atoms with E-state index in [9.17, 15) is 9.59 Å². The third-order valence-corrected chi connectivity index (χ3v) is 5.15. The van der Waals surface area contributed by atoms with Crippen LogP contribution in [0.3, 0.4) is 0 Å². The number of H-pyrrole nitrogens is 1. The smallest absolute Gasteiger partial charge is 0.270 e. The monoisotopic (exact) mass is 364 g/mol. The molecule has 0 spiro atoms. The number of aryl methyl sites for hydroxylation is 1. The highest BCUT2D eigenvalue weighted by Gasteiger charge is 2.26. The molecule has 1 aliphatic rings. The van der Waals surface area contributed by atoms with E-state index >= 15 is 0 Å². The predicted octanol–water partition coefficient (Wildman–Crippen LogP) is 2.66. The summed E-state index contributed by atoms with van der Waals surface area (Å²) in [6.45, 7) is 8.89. The van der Waals surface area contributed by atoms with Crippen molar-refractivity contribution in [2.24, 2.45) is 0 Å². The summed E-state index contributed by atoms with van der Waals surface area (Å²) >= 11 is 0. The standard InChI is InChI=1S/C21H24N4O2/c1-14-19(16(3)26)15(2)23-20(14)21(27)25-10-8-24(9-11-25)13-18-6-4-17(12-22)5-7-18/h4-7,23H,8-11,13H2,1-3H3. The van der Waals surface area contributed by atoms with Crippen molar-refractivity contribution in [1.82, 2.24) is 14.8 Å². The van der Waals surface area contributed by atoms with Gasteiger partial charge in [-0.15, -0.1) is 0 Å². The zero-order valence-corrected chi connectivity index (χ0v) is 16.0. The lowest BCUT2D eigenvalue weighted by atomic mass is 10.1. The molecule has 0 saturated carbocycles. The minimum Gasteiger partial charge on any atom is -0.354 e. The molecule has 1 fully saturated rings. The van der Waals surface area contributed by atoms with Crippen LogP contribution in [0.2, 0.25) is 0 Å². The van der Waals surface area contributed by atoms with Crippen molar-refractivity contribution in [2.45, 2.75) is 27.3 Å². The number of ketones is 1. The lowest BCUT2D eigenvalue weighted by Crippen LogP contribution is -2.48. The van der Waals surface area contributed by atoms with E-state index in [0.717, 1.165) is 36.5 Å². The number of hydrogen-bond acceptors (Lipinski definition) is 4. The molecule has 0 bridgehead atoms. The van der Waals surface area contributed by atoms with Gasteiger partial charge in [0.1, 0.15) is 5.69 Å². The Morgan fingerprint density at radius 1 is 1.11 bits per heavy atom. The largest absolute Gasteiger partial charge is 0.354 e. The van der Waals surface area contributed by atoms with Crippen LogP contribution in [0.25, 0.3) is 0 Å². The van der Waals surface area contributed by atoms with Crippen LogP contribution >= 0.6 is 0 Å². The number of piperazine rings is 1. The number of nitrogens with zero attached hydrogens (tertiary/aromatic N) is 3. The molecule has 140 valence electrons. The average Bonchev–Trinajstić information content (AvgIpc) is 2.96. The van der Waals surface area contributed by atoms with Crippen molar-refractivity contribution >= 4 is 11.7 Å². The zero-order valence-electron chi connectivity index (χ0n) is 16.0. The van der Waals surface area contributed by atoms with Crippen LogP contribution in [0, 0.1) is 25.2 Å². The number of nitrogens with one attached hydrogen (secondary N) is 1. The number of Topliss-reactive ketones (excluding diaryl/α,β-unsaturated/α-hetero) is 1. The van der Waals surface area contributed by atoms with E-state index in [4.69, 9.17) is 5.26 Å².